The summed E-state index contributed by atoms with van der Waals surface area (Å²) in [6.45, 7) is 12.6. The Balaban J connectivity index is 3.90. The highest BCUT2D eigenvalue weighted by atomic mass is 31.1. The summed E-state index contributed by atoms with van der Waals surface area (Å²) in [5.41, 5.74) is 1.83. The molecule has 1 heteroatoms. The fourth-order valence-corrected chi connectivity index (χ4v) is 1.54. The molecule has 0 saturated heterocycles. The van der Waals surface area contributed by atoms with Crippen molar-refractivity contribution in [3.05, 3.63) is 24.0 Å². The SMILES string of the molecule is C=CCP/C=C(\C)C(C)(C)C. The van der Waals surface area contributed by atoms with Crippen LogP contribution in [0.1, 0.15) is 27.7 Å². The van der Waals surface area contributed by atoms with E-state index >= 15 is 0 Å². The van der Waals surface area contributed by atoms with Crippen LogP contribution in [0.2, 0.25) is 0 Å². The van der Waals surface area contributed by atoms with Crippen LogP contribution < -0.4 is 0 Å². The molecule has 0 aliphatic rings. The Hall–Kier alpha value is -0.0900. The van der Waals surface area contributed by atoms with Crippen LogP contribution in [0, 0.1) is 5.41 Å². The van der Waals surface area contributed by atoms with Gasteiger partial charge in [0.2, 0.25) is 0 Å². The molecule has 0 amide bonds. The van der Waals surface area contributed by atoms with E-state index in [1.807, 2.05) is 6.08 Å². The molecule has 0 fully saturated rings. The van der Waals surface area contributed by atoms with Gasteiger partial charge in [-0.3, -0.25) is 0 Å². The van der Waals surface area contributed by atoms with Gasteiger partial charge in [-0.25, -0.2) is 0 Å². The second-order valence-electron chi connectivity index (χ2n) is 3.77. The molecule has 11 heavy (non-hydrogen) atoms. The molecule has 0 bridgehead atoms. The van der Waals surface area contributed by atoms with E-state index in [1.165, 1.54) is 5.57 Å². The van der Waals surface area contributed by atoms with Crippen molar-refractivity contribution in [2.45, 2.75) is 27.7 Å². The van der Waals surface area contributed by atoms with Crippen molar-refractivity contribution in [1.29, 1.82) is 0 Å². The molecule has 0 heterocycles. The van der Waals surface area contributed by atoms with Gasteiger partial charge in [-0.1, -0.05) is 46.8 Å². The summed E-state index contributed by atoms with van der Waals surface area (Å²) in [6, 6.07) is 0. The highest BCUT2D eigenvalue weighted by Crippen LogP contribution is 2.28. The first-order valence-corrected chi connectivity index (χ1v) is 5.28. The Morgan fingerprint density at radius 1 is 1.45 bits per heavy atom. The summed E-state index contributed by atoms with van der Waals surface area (Å²) in [6.07, 6.45) is 3.10. The lowest BCUT2D eigenvalue weighted by Gasteiger charge is -2.19. The van der Waals surface area contributed by atoms with E-state index in [9.17, 15) is 0 Å². The highest BCUT2D eigenvalue weighted by Gasteiger charge is 2.10. The van der Waals surface area contributed by atoms with E-state index in [1.54, 1.807) is 0 Å². The molecule has 64 valence electrons. The van der Waals surface area contributed by atoms with Gasteiger partial charge in [-0.05, 0) is 18.5 Å². The van der Waals surface area contributed by atoms with Gasteiger partial charge in [-0.15, -0.1) is 6.58 Å². The first-order chi connectivity index (χ1) is 4.98. The maximum atomic E-state index is 3.70. The number of hydrogen-bond acceptors (Lipinski definition) is 0. The minimum absolute atomic E-state index is 0.341. The molecule has 0 aromatic rings. The molecule has 0 aromatic carbocycles. The Bertz CT molecular complexity index is 149. The Morgan fingerprint density at radius 3 is 2.36 bits per heavy atom. The van der Waals surface area contributed by atoms with Crippen LogP contribution in [0.15, 0.2) is 24.0 Å². The average molecular weight is 170 g/mol. The van der Waals surface area contributed by atoms with Crippen molar-refractivity contribution in [3.63, 3.8) is 0 Å². The van der Waals surface area contributed by atoms with E-state index in [0.29, 0.717) is 5.41 Å². The molecule has 0 aliphatic heterocycles. The molecule has 1 unspecified atom stereocenters. The smallest absolute Gasteiger partial charge is 0.0140 e. The lowest BCUT2D eigenvalue weighted by atomic mass is 9.89. The monoisotopic (exact) mass is 170 g/mol. The summed E-state index contributed by atoms with van der Waals surface area (Å²) < 4.78 is 0. The van der Waals surface area contributed by atoms with E-state index in [0.717, 1.165) is 14.7 Å². The molecule has 0 N–H and O–H groups in total. The summed E-state index contributed by atoms with van der Waals surface area (Å²) in [5.74, 6) is 2.34. The standard InChI is InChI=1S/C10H19P/c1-6-7-11-8-9(2)10(3,4)5/h6,8,11H,1,7H2,2-5H3/b9-8+. The van der Waals surface area contributed by atoms with Crippen molar-refractivity contribution in [1.82, 2.24) is 0 Å². The summed E-state index contributed by atoms with van der Waals surface area (Å²) in [7, 11) is 0.906. The van der Waals surface area contributed by atoms with Gasteiger partial charge in [0.1, 0.15) is 0 Å². The Morgan fingerprint density at radius 2 is 2.00 bits per heavy atom. The fourth-order valence-electron chi connectivity index (χ4n) is 0.512. The molecule has 1 atom stereocenters. The molecule has 0 rings (SSSR count). The van der Waals surface area contributed by atoms with Crippen LogP contribution in [0.4, 0.5) is 0 Å². The van der Waals surface area contributed by atoms with Gasteiger partial charge >= 0.3 is 0 Å². The molecular formula is C10H19P. The fraction of sp³-hybridized carbons (Fsp3) is 0.600. The zero-order valence-electron chi connectivity index (χ0n) is 8.07. The van der Waals surface area contributed by atoms with E-state index in [-0.39, 0.29) is 0 Å². The molecular weight excluding hydrogens is 151 g/mol. The zero-order valence-corrected chi connectivity index (χ0v) is 9.07. The topological polar surface area (TPSA) is 0 Å². The third-order valence-electron chi connectivity index (χ3n) is 1.76. The molecule has 0 aliphatic carbocycles. The van der Waals surface area contributed by atoms with E-state index in [2.05, 4.69) is 40.1 Å². The molecule has 0 aromatic heterocycles. The molecule has 0 radical (unpaired) electrons. The number of rotatable bonds is 3. The van der Waals surface area contributed by atoms with Crippen molar-refractivity contribution in [2.75, 3.05) is 6.16 Å². The van der Waals surface area contributed by atoms with Crippen molar-refractivity contribution in [2.24, 2.45) is 5.41 Å². The van der Waals surface area contributed by atoms with Gasteiger partial charge in [0.15, 0.2) is 0 Å². The van der Waals surface area contributed by atoms with E-state index in [4.69, 9.17) is 0 Å². The highest BCUT2D eigenvalue weighted by molar-refractivity contribution is 7.41. The second kappa shape index (κ2) is 4.72. The lowest BCUT2D eigenvalue weighted by Crippen LogP contribution is -2.05. The summed E-state index contributed by atoms with van der Waals surface area (Å²) in [4.78, 5) is 0. The van der Waals surface area contributed by atoms with Gasteiger partial charge in [-0.2, -0.15) is 0 Å². The van der Waals surface area contributed by atoms with Crippen molar-refractivity contribution >= 4 is 8.58 Å². The van der Waals surface area contributed by atoms with Gasteiger partial charge in [0, 0.05) is 0 Å². The van der Waals surface area contributed by atoms with Crippen LogP contribution in [-0.2, 0) is 0 Å². The van der Waals surface area contributed by atoms with Gasteiger partial charge < -0.3 is 0 Å². The van der Waals surface area contributed by atoms with Gasteiger partial charge in [0.05, 0.1) is 0 Å². The van der Waals surface area contributed by atoms with E-state index < -0.39 is 0 Å². The number of allylic oxidation sites excluding steroid dienone is 2. The maximum Gasteiger partial charge on any atom is -0.0140 e. The lowest BCUT2D eigenvalue weighted by molar-refractivity contribution is 0.505. The maximum absolute atomic E-state index is 3.70. The third-order valence-corrected chi connectivity index (χ3v) is 2.93. The average Bonchev–Trinajstić information content (AvgIpc) is 1.86. The largest absolute Gasteiger partial charge is 0.103 e. The van der Waals surface area contributed by atoms with Crippen LogP contribution in [-0.4, -0.2) is 6.16 Å². The Kier molecular flexibility index (Phi) is 4.68. The summed E-state index contributed by atoms with van der Waals surface area (Å²) >= 11 is 0. The van der Waals surface area contributed by atoms with Crippen LogP contribution >= 0.6 is 8.58 Å². The predicted molar refractivity (Wildman–Crippen MR) is 56.6 cm³/mol. The first kappa shape index (κ1) is 10.9. The predicted octanol–water partition coefficient (Wildman–Crippen LogP) is 3.80. The third kappa shape index (κ3) is 5.21. The Labute approximate surface area is 72.6 Å². The molecule has 0 nitrogen and oxygen atoms in total. The van der Waals surface area contributed by atoms with Crippen molar-refractivity contribution in [3.8, 4) is 0 Å². The molecule has 0 saturated carbocycles. The summed E-state index contributed by atoms with van der Waals surface area (Å²) in [5, 5.41) is 0. The minimum atomic E-state index is 0.341. The normalized spacial score (nSPS) is 14.4. The van der Waals surface area contributed by atoms with Crippen LogP contribution in [0.5, 0.6) is 0 Å². The zero-order chi connectivity index (χ0) is 8.91. The van der Waals surface area contributed by atoms with Gasteiger partial charge in [0.25, 0.3) is 0 Å². The molecule has 0 spiro atoms. The quantitative estimate of drug-likeness (QED) is 0.343. The number of hydrogen-bond donors (Lipinski definition) is 0. The van der Waals surface area contributed by atoms with Crippen molar-refractivity contribution < 1.29 is 0 Å². The van der Waals surface area contributed by atoms with Crippen LogP contribution in [0.25, 0.3) is 0 Å². The second-order valence-corrected chi connectivity index (χ2v) is 4.88. The first-order valence-electron chi connectivity index (χ1n) is 4.00. The minimum Gasteiger partial charge on any atom is -0.103 e. The van der Waals surface area contributed by atoms with Crippen LogP contribution in [0.3, 0.4) is 0 Å².